The van der Waals surface area contributed by atoms with E-state index in [4.69, 9.17) is 4.74 Å². The second-order valence-corrected chi connectivity index (χ2v) is 5.37. The molecule has 1 heterocycles. The topological polar surface area (TPSA) is 24.5 Å². The molecule has 1 N–H and O–H groups in total. The lowest BCUT2D eigenvalue weighted by atomic mass is 9.98. The molecule has 1 fully saturated rings. The van der Waals surface area contributed by atoms with Gasteiger partial charge in [0.25, 0.3) is 0 Å². The van der Waals surface area contributed by atoms with Crippen LogP contribution in [-0.4, -0.2) is 49.8 Å². The van der Waals surface area contributed by atoms with Gasteiger partial charge in [0, 0.05) is 25.2 Å². The first-order valence-electron chi connectivity index (χ1n) is 7.24. The first-order valence-corrected chi connectivity index (χ1v) is 7.24. The van der Waals surface area contributed by atoms with Crippen molar-refractivity contribution in [3.63, 3.8) is 0 Å². The lowest BCUT2D eigenvalue weighted by Crippen LogP contribution is -2.51. The van der Waals surface area contributed by atoms with Gasteiger partial charge in [-0.25, -0.2) is 0 Å². The van der Waals surface area contributed by atoms with Crippen LogP contribution in [0.25, 0.3) is 0 Å². The van der Waals surface area contributed by atoms with Crippen LogP contribution < -0.4 is 5.32 Å². The summed E-state index contributed by atoms with van der Waals surface area (Å²) >= 11 is 0. The van der Waals surface area contributed by atoms with Gasteiger partial charge in [0.2, 0.25) is 0 Å². The minimum atomic E-state index is 0.568. The zero-order chi connectivity index (χ0) is 12.7. The van der Waals surface area contributed by atoms with Gasteiger partial charge in [-0.05, 0) is 25.8 Å². The van der Waals surface area contributed by atoms with E-state index in [0.717, 1.165) is 32.2 Å². The second-order valence-electron chi connectivity index (χ2n) is 5.37. The van der Waals surface area contributed by atoms with Gasteiger partial charge in [-0.2, -0.15) is 0 Å². The third-order valence-corrected chi connectivity index (χ3v) is 3.92. The molecule has 0 amide bonds. The molecular formula is C14H30N2O. The van der Waals surface area contributed by atoms with Crippen LogP contribution in [0.4, 0.5) is 0 Å². The molecule has 17 heavy (non-hydrogen) atoms. The molecule has 102 valence electrons. The summed E-state index contributed by atoms with van der Waals surface area (Å²) in [6.07, 6.45) is 2.46. The van der Waals surface area contributed by atoms with Crippen molar-refractivity contribution in [2.24, 2.45) is 5.92 Å². The van der Waals surface area contributed by atoms with Crippen molar-refractivity contribution >= 4 is 0 Å². The molecular weight excluding hydrogens is 212 g/mol. The van der Waals surface area contributed by atoms with Crippen molar-refractivity contribution in [2.45, 2.75) is 52.6 Å². The summed E-state index contributed by atoms with van der Waals surface area (Å²) in [5.74, 6) is 0.747. The normalized spacial score (nSPS) is 25.8. The molecule has 0 bridgehead atoms. The highest BCUT2D eigenvalue weighted by Crippen LogP contribution is 2.13. The highest BCUT2D eigenvalue weighted by Gasteiger charge is 2.24. The maximum Gasteiger partial charge on any atom is 0.0619 e. The molecule has 1 aliphatic heterocycles. The predicted octanol–water partition coefficient (Wildman–Crippen LogP) is 2.12. The van der Waals surface area contributed by atoms with Crippen LogP contribution in [0, 0.1) is 5.92 Å². The fraction of sp³-hybridized carbons (Fsp3) is 1.00. The molecule has 0 aromatic carbocycles. The van der Waals surface area contributed by atoms with Gasteiger partial charge >= 0.3 is 0 Å². The van der Waals surface area contributed by atoms with Crippen molar-refractivity contribution < 1.29 is 4.74 Å². The molecule has 1 aliphatic rings. The highest BCUT2D eigenvalue weighted by atomic mass is 16.5. The summed E-state index contributed by atoms with van der Waals surface area (Å²) < 4.78 is 5.50. The van der Waals surface area contributed by atoms with Crippen LogP contribution in [0.15, 0.2) is 0 Å². The van der Waals surface area contributed by atoms with Gasteiger partial charge in [-0.3, -0.25) is 4.90 Å². The molecule has 3 nitrogen and oxygen atoms in total. The average molecular weight is 242 g/mol. The summed E-state index contributed by atoms with van der Waals surface area (Å²) in [4.78, 5) is 2.57. The minimum absolute atomic E-state index is 0.568. The Hall–Kier alpha value is -0.120. The number of hydrogen-bond acceptors (Lipinski definition) is 3. The van der Waals surface area contributed by atoms with Crippen molar-refractivity contribution in [3.8, 4) is 0 Å². The van der Waals surface area contributed by atoms with E-state index in [-0.39, 0.29) is 0 Å². The van der Waals surface area contributed by atoms with Crippen LogP contribution in [0.3, 0.4) is 0 Å². The third-order valence-electron chi connectivity index (χ3n) is 3.92. The van der Waals surface area contributed by atoms with Crippen LogP contribution in [-0.2, 0) is 4.74 Å². The van der Waals surface area contributed by atoms with Crippen LogP contribution in [0.5, 0.6) is 0 Å². The largest absolute Gasteiger partial charge is 0.379 e. The van der Waals surface area contributed by atoms with Crippen LogP contribution >= 0.6 is 0 Å². The van der Waals surface area contributed by atoms with Gasteiger partial charge < -0.3 is 10.1 Å². The van der Waals surface area contributed by atoms with Crippen molar-refractivity contribution in [3.05, 3.63) is 0 Å². The molecule has 1 saturated heterocycles. The molecule has 3 atom stereocenters. The highest BCUT2D eigenvalue weighted by molar-refractivity contribution is 4.80. The first-order chi connectivity index (χ1) is 8.19. The second kappa shape index (κ2) is 8.06. The van der Waals surface area contributed by atoms with E-state index in [2.05, 4.69) is 37.9 Å². The quantitative estimate of drug-likeness (QED) is 0.740. The Kier molecular flexibility index (Phi) is 7.09. The molecule has 3 unspecified atom stereocenters. The van der Waals surface area contributed by atoms with E-state index < -0.39 is 0 Å². The summed E-state index contributed by atoms with van der Waals surface area (Å²) in [6.45, 7) is 14.3. The molecule has 0 aromatic heterocycles. The summed E-state index contributed by atoms with van der Waals surface area (Å²) in [6, 6.07) is 1.19. The molecule has 3 heteroatoms. The molecule has 0 radical (unpaired) electrons. The number of nitrogens with one attached hydrogen (secondary N) is 1. The average Bonchev–Trinajstić information content (AvgIpc) is 2.35. The lowest BCUT2D eigenvalue weighted by molar-refractivity contribution is -0.00708. The Morgan fingerprint density at radius 3 is 2.76 bits per heavy atom. The smallest absolute Gasteiger partial charge is 0.0619 e. The van der Waals surface area contributed by atoms with Gasteiger partial charge in [0.05, 0.1) is 13.2 Å². The van der Waals surface area contributed by atoms with E-state index in [1.165, 1.54) is 19.4 Å². The Labute approximate surface area is 107 Å². The Bertz CT molecular complexity index is 199. The minimum Gasteiger partial charge on any atom is -0.379 e. The van der Waals surface area contributed by atoms with Crippen LogP contribution in [0.1, 0.15) is 40.5 Å². The molecule has 0 aromatic rings. The summed E-state index contributed by atoms with van der Waals surface area (Å²) in [7, 11) is 0. The van der Waals surface area contributed by atoms with Gasteiger partial charge in [-0.15, -0.1) is 0 Å². The Morgan fingerprint density at radius 2 is 2.18 bits per heavy atom. The molecule has 0 aliphatic carbocycles. The number of rotatable bonds is 7. The number of morpholine rings is 1. The van der Waals surface area contributed by atoms with E-state index in [1.54, 1.807) is 0 Å². The number of ether oxygens (including phenoxy) is 1. The monoisotopic (exact) mass is 242 g/mol. The zero-order valence-electron chi connectivity index (χ0n) is 12.0. The fourth-order valence-corrected chi connectivity index (χ4v) is 2.35. The summed E-state index contributed by atoms with van der Waals surface area (Å²) in [5, 5.41) is 3.71. The Morgan fingerprint density at radius 1 is 1.41 bits per heavy atom. The molecule has 0 spiro atoms. The fourth-order valence-electron chi connectivity index (χ4n) is 2.35. The summed E-state index contributed by atoms with van der Waals surface area (Å²) in [5.41, 5.74) is 0. The Balaban J connectivity index is 2.45. The maximum absolute atomic E-state index is 5.50. The number of hydrogen-bond donors (Lipinski definition) is 1. The third kappa shape index (κ3) is 4.94. The van der Waals surface area contributed by atoms with E-state index >= 15 is 0 Å². The van der Waals surface area contributed by atoms with E-state index in [9.17, 15) is 0 Å². The van der Waals surface area contributed by atoms with Crippen molar-refractivity contribution in [1.82, 2.24) is 10.2 Å². The number of nitrogens with zero attached hydrogens (tertiary/aromatic N) is 1. The zero-order valence-corrected chi connectivity index (χ0v) is 12.0. The SMILES string of the molecule is CCCNC(CN1CCOCC1C)C(C)CC. The van der Waals surface area contributed by atoms with Gasteiger partial charge in [-0.1, -0.05) is 27.2 Å². The van der Waals surface area contributed by atoms with E-state index in [1.807, 2.05) is 0 Å². The van der Waals surface area contributed by atoms with E-state index in [0.29, 0.717) is 12.1 Å². The predicted molar refractivity (Wildman–Crippen MR) is 73.4 cm³/mol. The molecule has 1 rings (SSSR count). The maximum atomic E-state index is 5.50. The van der Waals surface area contributed by atoms with Crippen molar-refractivity contribution in [1.29, 1.82) is 0 Å². The van der Waals surface area contributed by atoms with Crippen LogP contribution in [0.2, 0.25) is 0 Å². The first kappa shape index (κ1) is 14.9. The molecule has 0 saturated carbocycles. The van der Waals surface area contributed by atoms with Gasteiger partial charge in [0.15, 0.2) is 0 Å². The van der Waals surface area contributed by atoms with Gasteiger partial charge in [0.1, 0.15) is 0 Å². The lowest BCUT2D eigenvalue weighted by Gasteiger charge is -2.37. The standard InChI is InChI=1S/C14H30N2O/c1-5-7-15-14(12(3)6-2)10-16-8-9-17-11-13(16)4/h12-15H,5-11H2,1-4H3. The van der Waals surface area contributed by atoms with Crippen molar-refractivity contribution in [2.75, 3.05) is 32.8 Å².